The molecule has 1 N–H and O–H groups in total. The van der Waals surface area contributed by atoms with E-state index in [-0.39, 0.29) is 11.9 Å². The summed E-state index contributed by atoms with van der Waals surface area (Å²) in [6, 6.07) is -0.0348. The summed E-state index contributed by atoms with van der Waals surface area (Å²) in [6.07, 6.45) is 6.80. The second-order valence-corrected chi connectivity index (χ2v) is 5.04. The van der Waals surface area contributed by atoms with Crippen LogP contribution >= 0.6 is 0 Å². The van der Waals surface area contributed by atoms with Crippen molar-refractivity contribution in [2.24, 2.45) is 0 Å². The summed E-state index contributed by atoms with van der Waals surface area (Å²) in [6.45, 7) is 2.08. The first kappa shape index (κ1) is 14.9. The fourth-order valence-electron chi connectivity index (χ4n) is 2.55. The minimum Gasteiger partial charge on any atom is -0.377 e. The molecule has 1 saturated heterocycles. The predicted molar refractivity (Wildman–Crippen MR) is 74.9 cm³/mol. The van der Waals surface area contributed by atoms with Gasteiger partial charge in [0.2, 0.25) is 5.91 Å². The van der Waals surface area contributed by atoms with Crippen molar-refractivity contribution in [1.29, 1.82) is 0 Å². The lowest BCUT2D eigenvalue weighted by Gasteiger charge is -2.34. The molecule has 6 heteroatoms. The molecular weight excluding hydrogens is 256 g/mol. The SMILES string of the molecule is CNC(=O)[C@H]1CCCCN1Cc1cnc(COC)nc1. The quantitative estimate of drug-likeness (QED) is 0.860. The zero-order chi connectivity index (χ0) is 14.4. The first-order valence-corrected chi connectivity index (χ1v) is 6.99. The number of amides is 1. The monoisotopic (exact) mass is 278 g/mol. The molecule has 0 aliphatic carbocycles. The Morgan fingerprint density at radius 1 is 1.45 bits per heavy atom. The molecule has 2 heterocycles. The molecule has 6 nitrogen and oxygen atoms in total. The van der Waals surface area contributed by atoms with E-state index in [1.807, 2.05) is 12.4 Å². The van der Waals surface area contributed by atoms with Crippen LogP contribution in [0.15, 0.2) is 12.4 Å². The molecule has 1 aliphatic heterocycles. The average Bonchev–Trinajstić information content (AvgIpc) is 2.49. The second-order valence-electron chi connectivity index (χ2n) is 5.04. The molecule has 2 rings (SSSR count). The first-order chi connectivity index (χ1) is 9.74. The highest BCUT2D eigenvalue weighted by molar-refractivity contribution is 5.81. The van der Waals surface area contributed by atoms with Crippen LogP contribution in [0, 0.1) is 0 Å². The number of ether oxygens (including phenoxy) is 1. The van der Waals surface area contributed by atoms with Gasteiger partial charge in [-0.2, -0.15) is 0 Å². The third kappa shape index (κ3) is 3.74. The fourth-order valence-corrected chi connectivity index (χ4v) is 2.55. The van der Waals surface area contributed by atoms with E-state index in [4.69, 9.17) is 4.74 Å². The maximum absolute atomic E-state index is 11.9. The Kier molecular flexibility index (Phi) is 5.43. The van der Waals surface area contributed by atoms with E-state index < -0.39 is 0 Å². The van der Waals surface area contributed by atoms with Crippen LogP contribution in [0.4, 0.5) is 0 Å². The van der Waals surface area contributed by atoms with E-state index in [0.717, 1.165) is 31.4 Å². The van der Waals surface area contributed by atoms with Gasteiger partial charge in [-0.25, -0.2) is 9.97 Å². The van der Waals surface area contributed by atoms with Crippen LogP contribution < -0.4 is 5.32 Å². The fraction of sp³-hybridized carbons (Fsp3) is 0.643. The van der Waals surface area contributed by atoms with Crippen LogP contribution in [0.1, 0.15) is 30.7 Å². The van der Waals surface area contributed by atoms with Crippen molar-refractivity contribution < 1.29 is 9.53 Å². The number of nitrogens with one attached hydrogen (secondary N) is 1. The van der Waals surface area contributed by atoms with Gasteiger partial charge in [0.15, 0.2) is 5.82 Å². The first-order valence-electron chi connectivity index (χ1n) is 6.99. The van der Waals surface area contributed by atoms with E-state index in [1.165, 1.54) is 0 Å². The standard InChI is InChI=1S/C14H22N4O2/c1-15-14(19)12-5-3-4-6-18(12)9-11-7-16-13(10-20-2)17-8-11/h7-8,12H,3-6,9-10H2,1-2H3,(H,15,19)/t12-/m1/s1. The summed E-state index contributed by atoms with van der Waals surface area (Å²) in [5.41, 5.74) is 1.03. The molecule has 0 unspecified atom stereocenters. The predicted octanol–water partition coefficient (Wildman–Crippen LogP) is 0.723. The van der Waals surface area contributed by atoms with Crippen LogP contribution in [-0.4, -0.2) is 47.5 Å². The number of carbonyl (C=O) groups excluding carboxylic acids is 1. The van der Waals surface area contributed by atoms with Crippen LogP contribution in [0.25, 0.3) is 0 Å². The highest BCUT2D eigenvalue weighted by atomic mass is 16.5. The Bertz CT molecular complexity index is 435. The number of likely N-dealkylation sites (N-methyl/N-ethyl adjacent to an activating group) is 1. The third-order valence-corrected chi connectivity index (χ3v) is 3.58. The lowest BCUT2D eigenvalue weighted by molar-refractivity contribution is -0.127. The number of rotatable bonds is 5. The van der Waals surface area contributed by atoms with E-state index in [2.05, 4.69) is 20.2 Å². The van der Waals surface area contributed by atoms with E-state index in [1.54, 1.807) is 14.2 Å². The Labute approximate surface area is 119 Å². The van der Waals surface area contributed by atoms with Crippen molar-refractivity contribution >= 4 is 5.91 Å². The van der Waals surface area contributed by atoms with Gasteiger partial charge in [0, 0.05) is 38.7 Å². The lowest BCUT2D eigenvalue weighted by atomic mass is 10.0. The van der Waals surface area contributed by atoms with Gasteiger partial charge in [0.1, 0.15) is 6.61 Å². The van der Waals surface area contributed by atoms with Crippen molar-refractivity contribution in [3.05, 3.63) is 23.8 Å². The van der Waals surface area contributed by atoms with Crippen molar-refractivity contribution in [1.82, 2.24) is 20.2 Å². The summed E-state index contributed by atoms with van der Waals surface area (Å²) < 4.78 is 4.99. The maximum Gasteiger partial charge on any atom is 0.237 e. The van der Waals surface area contributed by atoms with E-state index in [0.29, 0.717) is 19.0 Å². The minimum absolute atomic E-state index is 0.0348. The number of piperidine rings is 1. The van der Waals surface area contributed by atoms with Crippen molar-refractivity contribution in [3.8, 4) is 0 Å². The number of nitrogens with zero attached hydrogens (tertiary/aromatic N) is 3. The van der Waals surface area contributed by atoms with Crippen LogP contribution in [0.3, 0.4) is 0 Å². The molecule has 20 heavy (non-hydrogen) atoms. The van der Waals surface area contributed by atoms with Crippen LogP contribution in [0.5, 0.6) is 0 Å². The molecule has 0 spiro atoms. The van der Waals surface area contributed by atoms with Gasteiger partial charge in [-0.3, -0.25) is 9.69 Å². The van der Waals surface area contributed by atoms with Crippen LogP contribution in [0.2, 0.25) is 0 Å². The molecule has 0 radical (unpaired) electrons. The van der Waals surface area contributed by atoms with Crippen molar-refractivity contribution in [2.75, 3.05) is 20.7 Å². The smallest absolute Gasteiger partial charge is 0.237 e. The number of methoxy groups -OCH3 is 1. The highest BCUT2D eigenvalue weighted by Gasteiger charge is 2.27. The van der Waals surface area contributed by atoms with E-state index in [9.17, 15) is 4.79 Å². The van der Waals surface area contributed by atoms with Gasteiger partial charge < -0.3 is 10.1 Å². The summed E-state index contributed by atoms with van der Waals surface area (Å²) in [5, 5.41) is 2.75. The summed E-state index contributed by atoms with van der Waals surface area (Å²) >= 11 is 0. The molecule has 1 aromatic heterocycles. The van der Waals surface area contributed by atoms with Crippen LogP contribution in [-0.2, 0) is 22.7 Å². The van der Waals surface area contributed by atoms with Crippen molar-refractivity contribution in [2.45, 2.75) is 38.5 Å². The molecule has 0 bridgehead atoms. The molecule has 0 aromatic carbocycles. The maximum atomic E-state index is 11.9. The molecule has 0 saturated carbocycles. The third-order valence-electron chi connectivity index (χ3n) is 3.58. The zero-order valence-electron chi connectivity index (χ0n) is 12.1. The second kappa shape index (κ2) is 7.31. The molecule has 1 atom stereocenters. The molecule has 1 aliphatic rings. The number of hydrogen-bond donors (Lipinski definition) is 1. The highest BCUT2D eigenvalue weighted by Crippen LogP contribution is 2.19. The van der Waals surface area contributed by atoms with Gasteiger partial charge in [-0.1, -0.05) is 6.42 Å². The zero-order valence-corrected chi connectivity index (χ0v) is 12.1. The largest absolute Gasteiger partial charge is 0.377 e. The summed E-state index contributed by atoms with van der Waals surface area (Å²) in [5.74, 6) is 0.777. The normalized spacial score (nSPS) is 19.8. The van der Waals surface area contributed by atoms with Gasteiger partial charge >= 0.3 is 0 Å². The molecule has 110 valence electrons. The Hall–Kier alpha value is -1.53. The number of aromatic nitrogens is 2. The lowest BCUT2D eigenvalue weighted by Crippen LogP contribution is -2.48. The average molecular weight is 278 g/mol. The molecule has 1 fully saturated rings. The Morgan fingerprint density at radius 2 is 2.20 bits per heavy atom. The Balaban J connectivity index is 2.00. The molecule has 1 amide bonds. The van der Waals surface area contributed by atoms with Gasteiger partial charge in [-0.15, -0.1) is 0 Å². The molecule has 1 aromatic rings. The molecular formula is C14H22N4O2. The van der Waals surface area contributed by atoms with Gasteiger partial charge in [0.25, 0.3) is 0 Å². The summed E-state index contributed by atoms with van der Waals surface area (Å²) in [7, 11) is 3.32. The van der Waals surface area contributed by atoms with Gasteiger partial charge in [-0.05, 0) is 19.4 Å². The van der Waals surface area contributed by atoms with Crippen molar-refractivity contribution in [3.63, 3.8) is 0 Å². The minimum atomic E-state index is -0.0348. The topological polar surface area (TPSA) is 67.4 Å². The summed E-state index contributed by atoms with van der Waals surface area (Å²) in [4.78, 5) is 22.6. The number of hydrogen-bond acceptors (Lipinski definition) is 5. The van der Waals surface area contributed by atoms with Gasteiger partial charge in [0.05, 0.1) is 6.04 Å². The number of carbonyl (C=O) groups is 1. The number of likely N-dealkylation sites (tertiary alicyclic amines) is 1. The Morgan fingerprint density at radius 3 is 2.85 bits per heavy atom. The van der Waals surface area contributed by atoms with E-state index >= 15 is 0 Å².